The predicted molar refractivity (Wildman–Crippen MR) is 67.3 cm³/mol. The Bertz CT molecular complexity index is 579. The van der Waals surface area contributed by atoms with E-state index >= 15 is 0 Å². The predicted octanol–water partition coefficient (Wildman–Crippen LogP) is 2.95. The Labute approximate surface area is 111 Å². The Kier molecular flexibility index (Phi) is 3.78. The van der Waals surface area contributed by atoms with Crippen LogP contribution in [-0.2, 0) is 11.3 Å². The highest BCUT2D eigenvalue weighted by atomic mass is 79.9. The first-order valence-electron chi connectivity index (χ1n) is 5.09. The molecule has 1 aromatic carbocycles. The van der Waals surface area contributed by atoms with Crippen LogP contribution in [0.2, 0.25) is 0 Å². The van der Waals surface area contributed by atoms with E-state index in [1.54, 1.807) is 7.11 Å². The van der Waals surface area contributed by atoms with Crippen molar-refractivity contribution in [3.63, 3.8) is 0 Å². The minimum atomic E-state index is -1.14. The van der Waals surface area contributed by atoms with Crippen molar-refractivity contribution in [1.29, 1.82) is 0 Å². The number of halogens is 1. The molecule has 1 N–H and O–H groups in total. The maximum Gasteiger partial charge on any atom is 0.374 e. The summed E-state index contributed by atoms with van der Waals surface area (Å²) in [6, 6.07) is 6.96. The third-order valence-corrected chi connectivity index (χ3v) is 3.11. The van der Waals surface area contributed by atoms with Crippen LogP contribution in [0.5, 0.6) is 0 Å². The second-order valence-corrected chi connectivity index (χ2v) is 4.48. The Morgan fingerprint density at radius 3 is 2.83 bits per heavy atom. The van der Waals surface area contributed by atoms with E-state index in [4.69, 9.17) is 14.4 Å². The van der Waals surface area contributed by atoms with Crippen LogP contribution in [0.1, 0.15) is 16.1 Å². The van der Waals surface area contributed by atoms with E-state index in [-0.39, 0.29) is 5.76 Å². The molecule has 0 aliphatic heterocycles. The summed E-state index contributed by atoms with van der Waals surface area (Å²) in [5.41, 5.74) is 2.26. The molecule has 0 atom stereocenters. The number of ether oxygens (including phenoxy) is 1. The highest BCUT2D eigenvalue weighted by molar-refractivity contribution is 9.10. The highest BCUT2D eigenvalue weighted by Crippen LogP contribution is 2.26. The monoisotopic (exact) mass is 311 g/mol. The quantitative estimate of drug-likeness (QED) is 0.939. The molecule has 0 fully saturated rings. The number of methoxy groups -OCH3 is 1. The van der Waals surface area contributed by atoms with Gasteiger partial charge in [0.2, 0.25) is 5.76 Å². The number of rotatable bonds is 4. The summed E-state index contributed by atoms with van der Waals surface area (Å²) in [5, 5.41) is 12.5. The van der Waals surface area contributed by atoms with Crippen molar-refractivity contribution in [3.8, 4) is 11.3 Å². The van der Waals surface area contributed by atoms with Crippen molar-refractivity contribution in [2.45, 2.75) is 6.61 Å². The third kappa shape index (κ3) is 2.60. The minimum Gasteiger partial charge on any atom is -0.475 e. The van der Waals surface area contributed by atoms with Gasteiger partial charge in [0.05, 0.1) is 6.61 Å². The number of aromatic carboxylic acids is 1. The van der Waals surface area contributed by atoms with E-state index in [0.29, 0.717) is 12.3 Å². The second-order valence-electron chi connectivity index (χ2n) is 3.62. The standard InChI is InChI=1S/C12H10BrNO4/c1-17-6-8-3-2-7(4-9(8)13)10-5-11(12(15)16)18-14-10/h2-5H,6H2,1H3,(H,15,16). The Morgan fingerprint density at radius 2 is 2.28 bits per heavy atom. The van der Waals surface area contributed by atoms with Crippen LogP contribution in [0.15, 0.2) is 33.3 Å². The fraction of sp³-hybridized carbons (Fsp3) is 0.167. The van der Waals surface area contributed by atoms with Gasteiger partial charge in [-0.25, -0.2) is 4.79 Å². The number of nitrogens with zero attached hydrogens (tertiary/aromatic N) is 1. The molecule has 0 unspecified atom stereocenters. The van der Waals surface area contributed by atoms with Crippen LogP contribution in [0.3, 0.4) is 0 Å². The van der Waals surface area contributed by atoms with Crippen molar-refractivity contribution >= 4 is 21.9 Å². The lowest BCUT2D eigenvalue weighted by atomic mass is 10.1. The normalized spacial score (nSPS) is 10.6. The molecule has 0 radical (unpaired) electrons. The van der Waals surface area contributed by atoms with E-state index in [1.807, 2.05) is 18.2 Å². The molecule has 0 aliphatic carbocycles. The van der Waals surface area contributed by atoms with Crippen LogP contribution in [0, 0.1) is 0 Å². The lowest BCUT2D eigenvalue weighted by Crippen LogP contribution is -1.91. The van der Waals surface area contributed by atoms with Crippen molar-refractivity contribution in [2.24, 2.45) is 0 Å². The van der Waals surface area contributed by atoms with Gasteiger partial charge in [-0.3, -0.25) is 0 Å². The first-order valence-corrected chi connectivity index (χ1v) is 5.89. The molecular formula is C12H10BrNO4. The lowest BCUT2D eigenvalue weighted by molar-refractivity contribution is 0.0652. The third-order valence-electron chi connectivity index (χ3n) is 2.37. The fourth-order valence-corrected chi connectivity index (χ4v) is 1.98. The van der Waals surface area contributed by atoms with Gasteiger partial charge >= 0.3 is 5.97 Å². The van der Waals surface area contributed by atoms with E-state index < -0.39 is 5.97 Å². The molecular weight excluding hydrogens is 302 g/mol. The van der Waals surface area contributed by atoms with Crippen LogP contribution < -0.4 is 0 Å². The zero-order valence-electron chi connectivity index (χ0n) is 9.51. The molecule has 18 heavy (non-hydrogen) atoms. The first-order chi connectivity index (χ1) is 8.61. The highest BCUT2D eigenvalue weighted by Gasteiger charge is 2.13. The number of carbonyl (C=O) groups is 1. The molecule has 0 spiro atoms. The van der Waals surface area contributed by atoms with Crippen molar-refractivity contribution in [1.82, 2.24) is 5.16 Å². The van der Waals surface area contributed by atoms with E-state index in [9.17, 15) is 4.79 Å². The maximum absolute atomic E-state index is 10.7. The number of carboxylic acids is 1. The van der Waals surface area contributed by atoms with Crippen LogP contribution in [0.25, 0.3) is 11.3 Å². The van der Waals surface area contributed by atoms with Gasteiger partial charge in [-0.15, -0.1) is 0 Å². The number of hydrogen-bond acceptors (Lipinski definition) is 4. The molecule has 94 valence electrons. The number of benzene rings is 1. The van der Waals surface area contributed by atoms with Gasteiger partial charge in [-0.2, -0.15) is 0 Å². The average Bonchev–Trinajstić information content (AvgIpc) is 2.81. The van der Waals surface area contributed by atoms with Crippen LogP contribution >= 0.6 is 15.9 Å². The van der Waals surface area contributed by atoms with Gasteiger partial charge in [0.25, 0.3) is 0 Å². The number of aromatic nitrogens is 1. The molecule has 2 rings (SSSR count). The summed E-state index contributed by atoms with van der Waals surface area (Å²) in [7, 11) is 1.62. The molecule has 0 saturated heterocycles. The second kappa shape index (κ2) is 5.32. The van der Waals surface area contributed by atoms with Crippen molar-refractivity contribution < 1.29 is 19.2 Å². The maximum atomic E-state index is 10.7. The fourth-order valence-electron chi connectivity index (χ4n) is 1.49. The summed E-state index contributed by atoms with van der Waals surface area (Å²) in [6.07, 6.45) is 0. The Balaban J connectivity index is 2.33. The lowest BCUT2D eigenvalue weighted by Gasteiger charge is -2.04. The summed E-state index contributed by atoms with van der Waals surface area (Å²) in [6.45, 7) is 0.500. The molecule has 1 aromatic heterocycles. The summed E-state index contributed by atoms with van der Waals surface area (Å²) in [4.78, 5) is 10.7. The smallest absolute Gasteiger partial charge is 0.374 e. The number of hydrogen-bond donors (Lipinski definition) is 1. The Hall–Kier alpha value is -1.66. The first kappa shape index (κ1) is 12.8. The molecule has 5 nitrogen and oxygen atoms in total. The zero-order valence-corrected chi connectivity index (χ0v) is 11.1. The largest absolute Gasteiger partial charge is 0.475 e. The van der Waals surface area contributed by atoms with Gasteiger partial charge in [-0.05, 0) is 11.6 Å². The summed E-state index contributed by atoms with van der Waals surface area (Å²) < 4.78 is 10.6. The molecule has 6 heteroatoms. The van der Waals surface area contributed by atoms with Gasteiger partial charge in [0.1, 0.15) is 5.69 Å². The van der Waals surface area contributed by atoms with Gasteiger partial charge in [0, 0.05) is 23.2 Å². The summed E-state index contributed by atoms with van der Waals surface area (Å²) in [5.74, 6) is -1.31. The van der Waals surface area contributed by atoms with Gasteiger partial charge in [0.15, 0.2) is 0 Å². The van der Waals surface area contributed by atoms with E-state index in [1.165, 1.54) is 6.07 Å². The van der Waals surface area contributed by atoms with Gasteiger partial charge in [-0.1, -0.05) is 33.2 Å². The molecule has 0 amide bonds. The molecule has 0 saturated carbocycles. The van der Waals surface area contributed by atoms with Crippen molar-refractivity contribution in [2.75, 3.05) is 7.11 Å². The van der Waals surface area contributed by atoms with Gasteiger partial charge < -0.3 is 14.4 Å². The topological polar surface area (TPSA) is 72.6 Å². The molecule has 2 aromatic rings. The molecule has 0 aliphatic rings. The molecule has 1 heterocycles. The van der Waals surface area contributed by atoms with E-state index in [2.05, 4.69) is 21.1 Å². The molecule has 0 bridgehead atoms. The number of carboxylic acid groups (broad SMARTS) is 1. The minimum absolute atomic E-state index is 0.179. The van der Waals surface area contributed by atoms with E-state index in [0.717, 1.165) is 15.6 Å². The SMILES string of the molecule is COCc1ccc(-c2cc(C(=O)O)on2)cc1Br. The van der Waals surface area contributed by atoms with Crippen LogP contribution in [-0.4, -0.2) is 23.3 Å². The summed E-state index contributed by atoms with van der Waals surface area (Å²) >= 11 is 3.43. The zero-order chi connectivity index (χ0) is 13.1. The van der Waals surface area contributed by atoms with Crippen LogP contribution in [0.4, 0.5) is 0 Å². The van der Waals surface area contributed by atoms with Crippen molar-refractivity contribution in [3.05, 3.63) is 40.1 Å². The average molecular weight is 312 g/mol. The Morgan fingerprint density at radius 1 is 1.50 bits per heavy atom.